The standard InChI is InChI=1S/C26H25N3O5/c1-16-12-19-13-18(6-7-21(19)34-16)24(31)22-23(17-4-2-5-20(30)14-17)29(26(33)25(22)32)10-3-9-28-11-8-27-15-28/h2,4-8,11,13-16,23,30-31H,3,9-10,12H2,1H3/t16-,23+/m1/s1. The van der Waals surface area contributed by atoms with Crippen molar-refractivity contribution in [1.29, 1.82) is 0 Å². The Morgan fingerprint density at radius 3 is 2.79 bits per heavy atom. The van der Waals surface area contributed by atoms with Crippen LogP contribution in [-0.2, 0) is 22.6 Å². The number of aromatic hydroxyl groups is 1. The maximum atomic E-state index is 13.2. The SMILES string of the molecule is C[C@@H]1Cc2cc(C(O)=C3C(=O)C(=O)N(CCCn4ccnc4)[C@H]3c3cccc(O)c3)ccc2O1. The summed E-state index contributed by atoms with van der Waals surface area (Å²) in [7, 11) is 0. The number of carbonyl (C=O) groups excluding carboxylic acids is 2. The van der Waals surface area contributed by atoms with Gasteiger partial charge in [0, 0.05) is 37.5 Å². The molecule has 2 atom stereocenters. The van der Waals surface area contributed by atoms with Crippen LogP contribution in [0.4, 0.5) is 0 Å². The van der Waals surface area contributed by atoms with E-state index in [1.54, 1.807) is 42.9 Å². The molecule has 0 aliphatic carbocycles. The van der Waals surface area contributed by atoms with E-state index in [-0.39, 0.29) is 23.2 Å². The van der Waals surface area contributed by atoms with Gasteiger partial charge in [0.15, 0.2) is 0 Å². The predicted molar refractivity (Wildman–Crippen MR) is 124 cm³/mol. The van der Waals surface area contributed by atoms with Gasteiger partial charge >= 0.3 is 0 Å². The zero-order chi connectivity index (χ0) is 23.8. The van der Waals surface area contributed by atoms with Crippen LogP contribution in [0.1, 0.15) is 36.1 Å². The number of benzene rings is 2. The molecule has 3 heterocycles. The number of phenolic OH excluding ortho intramolecular Hbond substituents is 1. The highest BCUT2D eigenvalue weighted by Gasteiger charge is 2.46. The van der Waals surface area contributed by atoms with Crippen LogP contribution in [0.25, 0.3) is 5.76 Å². The zero-order valence-electron chi connectivity index (χ0n) is 18.7. The van der Waals surface area contributed by atoms with Crippen LogP contribution in [0.5, 0.6) is 11.5 Å². The molecule has 1 amide bonds. The molecule has 2 aliphatic rings. The van der Waals surface area contributed by atoms with E-state index in [4.69, 9.17) is 4.74 Å². The average Bonchev–Trinajstić information content (AvgIpc) is 3.52. The maximum absolute atomic E-state index is 13.2. The monoisotopic (exact) mass is 459 g/mol. The van der Waals surface area contributed by atoms with Crippen LogP contribution in [0.3, 0.4) is 0 Å². The van der Waals surface area contributed by atoms with E-state index in [2.05, 4.69) is 4.98 Å². The van der Waals surface area contributed by atoms with Gasteiger partial charge in [-0.3, -0.25) is 9.59 Å². The molecule has 2 aromatic carbocycles. The Bertz CT molecular complexity index is 1280. The molecule has 1 fully saturated rings. The van der Waals surface area contributed by atoms with E-state index in [0.717, 1.165) is 11.3 Å². The molecular weight excluding hydrogens is 434 g/mol. The van der Waals surface area contributed by atoms with Gasteiger partial charge in [0.25, 0.3) is 11.7 Å². The molecule has 0 unspecified atom stereocenters. The third-order valence-corrected chi connectivity index (χ3v) is 6.27. The first-order chi connectivity index (χ1) is 16.4. The molecule has 174 valence electrons. The van der Waals surface area contributed by atoms with Crippen molar-refractivity contribution in [2.75, 3.05) is 6.54 Å². The van der Waals surface area contributed by atoms with Gasteiger partial charge in [0.2, 0.25) is 0 Å². The first kappa shape index (κ1) is 21.8. The molecule has 8 heteroatoms. The minimum atomic E-state index is -0.807. The molecule has 34 heavy (non-hydrogen) atoms. The van der Waals surface area contributed by atoms with Crippen molar-refractivity contribution >= 4 is 17.4 Å². The quantitative estimate of drug-likeness (QED) is 0.333. The molecule has 2 aliphatic heterocycles. The van der Waals surface area contributed by atoms with Crippen molar-refractivity contribution in [2.45, 2.75) is 38.5 Å². The fraction of sp³-hybridized carbons (Fsp3) is 0.269. The normalized spacial score (nSPS) is 21.0. The second-order valence-corrected chi connectivity index (χ2v) is 8.70. The van der Waals surface area contributed by atoms with Crippen molar-refractivity contribution in [1.82, 2.24) is 14.5 Å². The molecule has 0 spiro atoms. The van der Waals surface area contributed by atoms with E-state index in [9.17, 15) is 19.8 Å². The number of ketones is 1. The van der Waals surface area contributed by atoms with Crippen molar-refractivity contribution in [3.05, 3.63) is 83.4 Å². The molecule has 3 aromatic rings. The van der Waals surface area contributed by atoms with Crippen LogP contribution in [-0.4, -0.2) is 49.0 Å². The highest BCUT2D eigenvalue weighted by molar-refractivity contribution is 6.46. The number of nitrogens with zero attached hydrogens (tertiary/aromatic N) is 3. The van der Waals surface area contributed by atoms with Crippen LogP contribution in [0.15, 0.2) is 66.8 Å². The smallest absolute Gasteiger partial charge is 0.295 e. The topological polar surface area (TPSA) is 105 Å². The molecule has 0 saturated carbocycles. The summed E-state index contributed by atoms with van der Waals surface area (Å²) >= 11 is 0. The number of aliphatic hydroxyl groups excluding tert-OH is 1. The Morgan fingerprint density at radius 2 is 2.03 bits per heavy atom. The number of hydrogen-bond donors (Lipinski definition) is 2. The Morgan fingerprint density at radius 1 is 1.18 bits per heavy atom. The number of ether oxygens (including phenoxy) is 1. The number of imidazole rings is 1. The molecule has 0 bridgehead atoms. The summed E-state index contributed by atoms with van der Waals surface area (Å²) in [6, 6.07) is 10.9. The average molecular weight is 460 g/mol. The van der Waals surface area contributed by atoms with Crippen molar-refractivity contribution < 1.29 is 24.5 Å². The number of aryl methyl sites for hydroxylation is 1. The Hall–Kier alpha value is -4.07. The first-order valence-corrected chi connectivity index (χ1v) is 11.3. The number of hydrogen-bond acceptors (Lipinski definition) is 6. The summed E-state index contributed by atoms with van der Waals surface area (Å²) in [6.07, 6.45) is 6.54. The molecule has 1 aromatic heterocycles. The summed E-state index contributed by atoms with van der Waals surface area (Å²) in [5, 5.41) is 21.3. The molecule has 0 radical (unpaired) electrons. The van der Waals surface area contributed by atoms with E-state index in [0.29, 0.717) is 37.1 Å². The van der Waals surface area contributed by atoms with Gasteiger partial charge in [0.1, 0.15) is 23.4 Å². The van der Waals surface area contributed by atoms with Crippen molar-refractivity contribution in [2.24, 2.45) is 0 Å². The van der Waals surface area contributed by atoms with Gasteiger partial charge in [-0.25, -0.2) is 4.98 Å². The lowest BCUT2D eigenvalue weighted by molar-refractivity contribution is -0.139. The molecule has 5 rings (SSSR count). The number of aliphatic hydroxyl groups is 1. The molecule has 2 N–H and O–H groups in total. The largest absolute Gasteiger partial charge is 0.508 e. The third-order valence-electron chi connectivity index (χ3n) is 6.27. The second kappa shape index (κ2) is 8.70. The Kier molecular flexibility index (Phi) is 5.57. The Labute approximate surface area is 196 Å². The summed E-state index contributed by atoms with van der Waals surface area (Å²) in [6.45, 7) is 2.89. The van der Waals surface area contributed by atoms with Crippen molar-refractivity contribution in [3.63, 3.8) is 0 Å². The lowest BCUT2D eigenvalue weighted by Gasteiger charge is -2.25. The zero-order valence-corrected chi connectivity index (χ0v) is 18.7. The van der Waals surface area contributed by atoms with Crippen LogP contribution >= 0.6 is 0 Å². The summed E-state index contributed by atoms with van der Waals surface area (Å²) in [5.41, 5.74) is 1.98. The van der Waals surface area contributed by atoms with Gasteiger partial charge in [-0.1, -0.05) is 12.1 Å². The van der Waals surface area contributed by atoms with E-state index in [1.807, 2.05) is 17.7 Å². The third kappa shape index (κ3) is 3.91. The van der Waals surface area contributed by atoms with Crippen molar-refractivity contribution in [3.8, 4) is 11.5 Å². The van der Waals surface area contributed by atoms with Gasteiger partial charge in [-0.15, -0.1) is 0 Å². The fourth-order valence-electron chi connectivity index (χ4n) is 4.72. The number of phenols is 1. The highest BCUT2D eigenvalue weighted by atomic mass is 16.5. The van der Waals surface area contributed by atoms with Crippen LogP contribution in [0.2, 0.25) is 0 Å². The summed E-state index contributed by atoms with van der Waals surface area (Å²) in [5.74, 6) is -0.859. The van der Waals surface area contributed by atoms with Gasteiger partial charge in [-0.05, 0) is 54.8 Å². The predicted octanol–water partition coefficient (Wildman–Crippen LogP) is 3.42. The molecule has 8 nitrogen and oxygen atoms in total. The molecular formula is C26H25N3O5. The van der Waals surface area contributed by atoms with Gasteiger partial charge < -0.3 is 24.4 Å². The lowest BCUT2D eigenvalue weighted by Crippen LogP contribution is -2.31. The minimum Gasteiger partial charge on any atom is -0.508 e. The summed E-state index contributed by atoms with van der Waals surface area (Å²) < 4.78 is 7.64. The number of likely N-dealkylation sites (tertiary alicyclic amines) is 1. The van der Waals surface area contributed by atoms with Crippen LogP contribution < -0.4 is 4.74 Å². The molecule has 1 saturated heterocycles. The lowest BCUT2D eigenvalue weighted by atomic mass is 9.94. The van der Waals surface area contributed by atoms with E-state index >= 15 is 0 Å². The fourth-order valence-corrected chi connectivity index (χ4v) is 4.72. The van der Waals surface area contributed by atoms with E-state index in [1.165, 1.54) is 17.0 Å². The number of Topliss-reactive ketones (excluding diaryl/α,β-unsaturated/α-hetero) is 1. The summed E-state index contributed by atoms with van der Waals surface area (Å²) in [4.78, 5) is 31.7. The van der Waals surface area contributed by atoms with Gasteiger partial charge in [-0.2, -0.15) is 0 Å². The van der Waals surface area contributed by atoms with E-state index < -0.39 is 17.7 Å². The number of fused-ring (bicyclic) bond motifs is 1. The number of amides is 1. The van der Waals surface area contributed by atoms with Gasteiger partial charge in [0.05, 0.1) is 17.9 Å². The number of rotatable bonds is 6. The first-order valence-electron chi connectivity index (χ1n) is 11.3. The highest BCUT2D eigenvalue weighted by Crippen LogP contribution is 2.41. The number of carbonyl (C=O) groups is 2. The second-order valence-electron chi connectivity index (χ2n) is 8.70. The number of aromatic nitrogens is 2. The minimum absolute atomic E-state index is 0.0187. The van der Waals surface area contributed by atoms with Crippen LogP contribution in [0, 0.1) is 0 Å². The maximum Gasteiger partial charge on any atom is 0.295 e. The Balaban J connectivity index is 1.53.